The Labute approximate surface area is 136 Å². The third-order valence-corrected chi connectivity index (χ3v) is 5.36. The molecule has 0 aliphatic carbocycles. The first-order valence-electron chi connectivity index (χ1n) is 6.28. The van der Waals surface area contributed by atoms with Gasteiger partial charge in [-0.15, -0.1) is 12.4 Å². The van der Waals surface area contributed by atoms with Gasteiger partial charge in [-0.2, -0.15) is 5.26 Å². The fourth-order valence-electron chi connectivity index (χ4n) is 1.82. The predicted octanol–water partition coefficient (Wildman–Crippen LogP) is 2.43. The Morgan fingerprint density at radius 3 is 2.33 bits per heavy atom. The third kappa shape index (κ3) is 4.56. The Hall–Kier alpha value is -0.840. The molecule has 0 amide bonds. The summed E-state index contributed by atoms with van der Waals surface area (Å²) < 4.78 is 27.4. The van der Waals surface area contributed by atoms with E-state index in [1.54, 1.807) is 0 Å². The summed E-state index contributed by atoms with van der Waals surface area (Å²) in [5.41, 5.74) is 5.26. The molecular formula is C13H19Cl2N3O2S. The van der Waals surface area contributed by atoms with Crippen molar-refractivity contribution < 1.29 is 8.42 Å². The standard InChI is InChI=1S/C13H18ClN3O2S.ClH/c1-3-13(4-2,9-16)17-20(18,19)11-6-5-10(8-15)12(14)7-11;/h5-7,17H,3-4,9,16H2,1-2H3;1H. The van der Waals surface area contributed by atoms with Crippen molar-refractivity contribution >= 4 is 34.0 Å². The Bertz CT molecular complexity index is 615. The van der Waals surface area contributed by atoms with E-state index < -0.39 is 15.6 Å². The van der Waals surface area contributed by atoms with Gasteiger partial charge in [-0.1, -0.05) is 25.4 Å². The minimum atomic E-state index is -3.73. The molecule has 0 aromatic heterocycles. The molecule has 5 nitrogen and oxygen atoms in total. The molecule has 0 aliphatic heterocycles. The van der Waals surface area contributed by atoms with Gasteiger partial charge in [0, 0.05) is 12.1 Å². The fraction of sp³-hybridized carbons (Fsp3) is 0.462. The first-order chi connectivity index (χ1) is 9.34. The molecule has 0 spiro atoms. The van der Waals surface area contributed by atoms with Crippen molar-refractivity contribution in [1.82, 2.24) is 4.72 Å². The number of rotatable bonds is 6. The lowest BCUT2D eigenvalue weighted by Crippen LogP contribution is -2.52. The van der Waals surface area contributed by atoms with E-state index >= 15 is 0 Å². The average molecular weight is 352 g/mol. The maximum Gasteiger partial charge on any atom is 0.241 e. The van der Waals surface area contributed by atoms with Gasteiger partial charge >= 0.3 is 0 Å². The van der Waals surface area contributed by atoms with Crippen LogP contribution in [0.15, 0.2) is 23.1 Å². The number of nitrogens with one attached hydrogen (secondary N) is 1. The summed E-state index contributed by atoms with van der Waals surface area (Å²) in [7, 11) is -3.73. The van der Waals surface area contributed by atoms with Gasteiger partial charge in [-0.25, -0.2) is 13.1 Å². The second-order valence-electron chi connectivity index (χ2n) is 4.55. The summed E-state index contributed by atoms with van der Waals surface area (Å²) in [5, 5.41) is 8.91. The number of hydrogen-bond donors (Lipinski definition) is 2. The van der Waals surface area contributed by atoms with Gasteiger partial charge < -0.3 is 5.73 Å². The highest BCUT2D eigenvalue weighted by atomic mass is 35.5. The van der Waals surface area contributed by atoms with Gasteiger partial charge in [0.25, 0.3) is 0 Å². The molecular weight excluding hydrogens is 333 g/mol. The highest BCUT2D eigenvalue weighted by Gasteiger charge is 2.31. The van der Waals surface area contributed by atoms with Gasteiger partial charge in [0.2, 0.25) is 10.0 Å². The molecule has 0 atom stereocenters. The van der Waals surface area contributed by atoms with E-state index in [9.17, 15) is 8.42 Å². The molecule has 0 aliphatic rings. The Balaban J connectivity index is 0.00000400. The van der Waals surface area contributed by atoms with Crippen LogP contribution in [0.3, 0.4) is 0 Å². The van der Waals surface area contributed by atoms with Crippen molar-refractivity contribution in [2.45, 2.75) is 37.1 Å². The largest absolute Gasteiger partial charge is 0.329 e. The van der Waals surface area contributed by atoms with Crippen molar-refractivity contribution in [3.05, 3.63) is 28.8 Å². The van der Waals surface area contributed by atoms with Crippen molar-refractivity contribution in [1.29, 1.82) is 5.26 Å². The van der Waals surface area contributed by atoms with E-state index in [-0.39, 0.29) is 34.4 Å². The van der Waals surface area contributed by atoms with Crippen molar-refractivity contribution in [3.63, 3.8) is 0 Å². The molecule has 0 unspecified atom stereocenters. The van der Waals surface area contributed by atoms with Crippen molar-refractivity contribution in [2.24, 2.45) is 5.73 Å². The van der Waals surface area contributed by atoms with E-state index in [0.29, 0.717) is 12.8 Å². The molecule has 0 fully saturated rings. The fourth-order valence-corrected chi connectivity index (χ4v) is 3.69. The van der Waals surface area contributed by atoms with Crippen LogP contribution in [0.5, 0.6) is 0 Å². The van der Waals surface area contributed by atoms with Crippen molar-refractivity contribution in [2.75, 3.05) is 6.54 Å². The zero-order valence-corrected chi connectivity index (χ0v) is 14.3. The monoisotopic (exact) mass is 351 g/mol. The van der Waals surface area contributed by atoms with Gasteiger partial charge in [-0.3, -0.25) is 0 Å². The lowest BCUT2D eigenvalue weighted by atomic mass is 9.95. The molecule has 21 heavy (non-hydrogen) atoms. The summed E-state index contributed by atoms with van der Waals surface area (Å²) >= 11 is 5.87. The zero-order valence-electron chi connectivity index (χ0n) is 11.9. The molecule has 3 N–H and O–H groups in total. The van der Waals surface area contributed by atoms with Crippen LogP contribution in [0.1, 0.15) is 32.3 Å². The highest BCUT2D eigenvalue weighted by molar-refractivity contribution is 7.89. The molecule has 0 saturated carbocycles. The third-order valence-electron chi connectivity index (χ3n) is 3.47. The molecule has 118 valence electrons. The number of halogens is 2. The van der Waals surface area contributed by atoms with Gasteiger partial charge in [0.05, 0.1) is 15.5 Å². The summed E-state index contributed by atoms with van der Waals surface area (Å²) in [6.07, 6.45) is 1.17. The van der Waals surface area contributed by atoms with Gasteiger partial charge in [0.15, 0.2) is 0 Å². The molecule has 0 radical (unpaired) electrons. The van der Waals surface area contributed by atoms with E-state index in [0.717, 1.165) is 0 Å². The highest BCUT2D eigenvalue weighted by Crippen LogP contribution is 2.23. The van der Waals surface area contributed by atoms with Crippen LogP contribution in [0.4, 0.5) is 0 Å². The number of nitrogens with two attached hydrogens (primary N) is 1. The van der Waals surface area contributed by atoms with Crippen LogP contribution in [-0.2, 0) is 10.0 Å². The van der Waals surface area contributed by atoms with Crippen LogP contribution in [-0.4, -0.2) is 20.5 Å². The van der Waals surface area contributed by atoms with E-state index in [1.165, 1.54) is 18.2 Å². The SMILES string of the molecule is CCC(CC)(CN)NS(=O)(=O)c1ccc(C#N)c(Cl)c1.Cl. The number of benzene rings is 1. The molecule has 0 saturated heterocycles. The zero-order chi connectivity index (χ0) is 15.4. The van der Waals surface area contributed by atoms with E-state index in [4.69, 9.17) is 22.6 Å². The number of nitriles is 1. The second-order valence-corrected chi connectivity index (χ2v) is 6.64. The molecule has 1 aromatic rings. The molecule has 8 heteroatoms. The maximum atomic E-state index is 12.4. The van der Waals surface area contributed by atoms with Gasteiger partial charge in [-0.05, 0) is 31.0 Å². The van der Waals surface area contributed by atoms with Crippen LogP contribution in [0.25, 0.3) is 0 Å². The minimum Gasteiger partial charge on any atom is -0.329 e. The lowest BCUT2D eigenvalue weighted by molar-refractivity contribution is 0.363. The van der Waals surface area contributed by atoms with E-state index in [1.807, 2.05) is 19.9 Å². The summed E-state index contributed by atoms with van der Waals surface area (Å²) in [6.45, 7) is 3.97. The first-order valence-corrected chi connectivity index (χ1v) is 8.14. The Kier molecular flexibility index (Phi) is 7.65. The molecule has 0 bridgehead atoms. The first kappa shape index (κ1) is 20.2. The molecule has 1 rings (SSSR count). The van der Waals surface area contributed by atoms with Crippen molar-refractivity contribution in [3.8, 4) is 6.07 Å². The smallest absolute Gasteiger partial charge is 0.241 e. The number of hydrogen-bond acceptors (Lipinski definition) is 4. The van der Waals surface area contributed by atoms with Crippen LogP contribution in [0.2, 0.25) is 5.02 Å². The average Bonchev–Trinajstić information content (AvgIpc) is 2.44. The van der Waals surface area contributed by atoms with Gasteiger partial charge in [0.1, 0.15) is 6.07 Å². The summed E-state index contributed by atoms with van der Waals surface area (Å²) in [6, 6.07) is 5.91. The summed E-state index contributed by atoms with van der Waals surface area (Å²) in [5.74, 6) is 0. The van der Waals surface area contributed by atoms with Crippen LogP contribution in [0, 0.1) is 11.3 Å². The van der Waals surface area contributed by atoms with Crippen LogP contribution < -0.4 is 10.5 Å². The maximum absolute atomic E-state index is 12.4. The normalized spacial score (nSPS) is 11.6. The predicted molar refractivity (Wildman–Crippen MR) is 86.1 cm³/mol. The molecule has 1 aromatic carbocycles. The lowest BCUT2D eigenvalue weighted by Gasteiger charge is -2.31. The topological polar surface area (TPSA) is 96.0 Å². The van der Waals surface area contributed by atoms with E-state index in [2.05, 4.69) is 4.72 Å². The quantitative estimate of drug-likeness (QED) is 0.822. The number of nitrogens with zero attached hydrogens (tertiary/aromatic N) is 1. The number of sulfonamides is 1. The summed E-state index contributed by atoms with van der Waals surface area (Å²) in [4.78, 5) is 0.0289. The Morgan fingerprint density at radius 2 is 1.95 bits per heavy atom. The van der Waals surface area contributed by atoms with Crippen LogP contribution >= 0.6 is 24.0 Å². The minimum absolute atomic E-state index is 0. The Morgan fingerprint density at radius 1 is 1.38 bits per heavy atom. The molecule has 0 heterocycles. The second kappa shape index (κ2) is 7.97.